The molecule has 0 aromatic heterocycles. The minimum Gasteiger partial charge on any atom is -0.390 e. The molecule has 32 heavy (non-hydrogen) atoms. The number of hydrogen-bond donors (Lipinski definition) is 2. The lowest BCUT2D eigenvalue weighted by atomic mass is 9.84. The summed E-state index contributed by atoms with van der Waals surface area (Å²) in [5, 5.41) is 22.2. The van der Waals surface area contributed by atoms with E-state index in [2.05, 4.69) is 0 Å². The van der Waals surface area contributed by atoms with E-state index in [-0.39, 0.29) is 13.1 Å². The second-order valence-electron chi connectivity index (χ2n) is 8.46. The fraction of sp³-hybridized carbons (Fsp3) is 0.435. The quantitative estimate of drug-likeness (QED) is 0.723. The number of piperidine rings is 1. The van der Waals surface area contributed by atoms with Crippen molar-refractivity contribution < 1.29 is 28.2 Å². The molecule has 0 spiro atoms. The highest BCUT2D eigenvalue weighted by Crippen LogP contribution is 2.36. The Bertz CT molecular complexity index is 975. The summed E-state index contributed by atoms with van der Waals surface area (Å²) in [5.74, 6) is -0.742. The molecule has 2 aromatic rings. The Balaban J connectivity index is 1.43. The highest BCUT2D eigenvalue weighted by atomic mass is 35.5. The topological polar surface area (TPSA) is 64.0 Å². The molecular formula is C23H24ClF3N2O3. The van der Waals surface area contributed by atoms with Gasteiger partial charge in [-0.25, -0.2) is 0 Å². The van der Waals surface area contributed by atoms with E-state index in [0.717, 1.165) is 17.7 Å². The minimum absolute atomic E-state index is 0.0341. The Kier molecular flexibility index (Phi) is 6.24. The molecule has 2 aliphatic heterocycles. The largest absolute Gasteiger partial charge is 0.417 e. The van der Waals surface area contributed by atoms with Gasteiger partial charge in [0, 0.05) is 31.2 Å². The zero-order valence-electron chi connectivity index (χ0n) is 17.2. The van der Waals surface area contributed by atoms with Crippen LogP contribution in [0.2, 0.25) is 5.02 Å². The van der Waals surface area contributed by atoms with Gasteiger partial charge in [0.2, 0.25) is 0 Å². The summed E-state index contributed by atoms with van der Waals surface area (Å²) in [4.78, 5) is 16.1. The number of carbonyl (C=O) groups is 1. The van der Waals surface area contributed by atoms with Crippen molar-refractivity contribution in [3.63, 3.8) is 0 Å². The van der Waals surface area contributed by atoms with Crippen molar-refractivity contribution in [2.24, 2.45) is 0 Å². The third kappa shape index (κ3) is 4.50. The third-order valence-electron chi connectivity index (χ3n) is 6.48. The van der Waals surface area contributed by atoms with Crippen LogP contribution in [-0.2, 0) is 11.8 Å². The fourth-order valence-corrected chi connectivity index (χ4v) is 4.78. The van der Waals surface area contributed by atoms with E-state index in [1.54, 1.807) is 24.3 Å². The van der Waals surface area contributed by atoms with Crippen LogP contribution in [0.25, 0.3) is 0 Å². The maximum absolute atomic E-state index is 13.3. The Morgan fingerprint density at radius 3 is 2.28 bits per heavy atom. The summed E-state index contributed by atoms with van der Waals surface area (Å²) in [7, 11) is 0. The first kappa shape index (κ1) is 23.0. The van der Waals surface area contributed by atoms with E-state index in [0.29, 0.717) is 31.0 Å². The van der Waals surface area contributed by atoms with Crippen LogP contribution < -0.4 is 0 Å². The molecule has 2 N–H and O–H groups in total. The SMILES string of the molecule is O=C(c1ccccc1C(F)(F)F)N1CC(O)[C@H](N2CCC(O)(c3ccc(Cl)cc3)CC2)C1. The van der Waals surface area contributed by atoms with Crippen molar-refractivity contribution in [3.05, 3.63) is 70.2 Å². The molecule has 2 fully saturated rings. The second-order valence-corrected chi connectivity index (χ2v) is 8.90. The lowest BCUT2D eigenvalue weighted by molar-refractivity contribution is -0.138. The van der Waals surface area contributed by atoms with Gasteiger partial charge >= 0.3 is 6.18 Å². The van der Waals surface area contributed by atoms with E-state index in [4.69, 9.17) is 11.6 Å². The van der Waals surface area contributed by atoms with Gasteiger partial charge in [-0.2, -0.15) is 13.2 Å². The molecule has 1 amide bonds. The number of carbonyl (C=O) groups excluding carboxylic acids is 1. The Hall–Kier alpha value is -2.13. The van der Waals surface area contributed by atoms with Crippen LogP contribution in [-0.4, -0.2) is 64.2 Å². The van der Waals surface area contributed by atoms with E-state index < -0.39 is 41.0 Å². The van der Waals surface area contributed by atoms with E-state index in [9.17, 15) is 28.2 Å². The molecule has 172 valence electrons. The van der Waals surface area contributed by atoms with Crippen LogP contribution in [0.4, 0.5) is 13.2 Å². The van der Waals surface area contributed by atoms with Crippen molar-refractivity contribution in [2.75, 3.05) is 26.2 Å². The number of aliphatic hydroxyl groups excluding tert-OH is 1. The number of amides is 1. The van der Waals surface area contributed by atoms with Gasteiger partial charge in [0.15, 0.2) is 0 Å². The summed E-state index contributed by atoms with van der Waals surface area (Å²) in [6, 6.07) is 11.3. The van der Waals surface area contributed by atoms with Crippen molar-refractivity contribution in [1.29, 1.82) is 0 Å². The number of β-amino-alcohol motifs (C(OH)–C–C–N with tert-alkyl or cyclic N) is 1. The van der Waals surface area contributed by atoms with Gasteiger partial charge in [0.1, 0.15) is 0 Å². The molecule has 2 aliphatic rings. The van der Waals surface area contributed by atoms with Crippen LogP contribution in [0.1, 0.15) is 34.3 Å². The van der Waals surface area contributed by atoms with Gasteiger partial charge in [-0.15, -0.1) is 0 Å². The molecule has 2 saturated heterocycles. The molecule has 0 radical (unpaired) electrons. The summed E-state index contributed by atoms with van der Waals surface area (Å²) < 4.78 is 39.9. The van der Waals surface area contributed by atoms with Crippen LogP contribution >= 0.6 is 11.6 Å². The molecular weight excluding hydrogens is 445 g/mol. The Morgan fingerprint density at radius 2 is 1.66 bits per heavy atom. The average molecular weight is 469 g/mol. The number of benzene rings is 2. The molecule has 2 aromatic carbocycles. The Labute approximate surface area is 189 Å². The minimum atomic E-state index is -4.64. The number of alkyl halides is 3. The lowest BCUT2D eigenvalue weighted by Crippen LogP contribution is -2.51. The first-order valence-electron chi connectivity index (χ1n) is 10.4. The second kappa shape index (κ2) is 8.67. The number of likely N-dealkylation sites (tertiary alicyclic amines) is 2. The van der Waals surface area contributed by atoms with E-state index in [1.807, 2.05) is 4.90 Å². The van der Waals surface area contributed by atoms with Gasteiger partial charge in [0.25, 0.3) is 5.91 Å². The predicted octanol–water partition coefficient (Wildman–Crippen LogP) is 3.53. The number of aliphatic hydroxyl groups is 2. The van der Waals surface area contributed by atoms with Crippen LogP contribution in [0.15, 0.2) is 48.5 Å². The van der Waals surface area contributed by atoms with E-state index >= 15 is 0 Å². The zero-order chi connectivity index (χ0) is 23.1. The van der Waals surface area contributed by atoms with Crippen LogP contribution in [0.3, 0.4) is 0 Å². The number of nitrogens with zero attached hydrogens (tertiary/aromatic N) is 2. The number of rotatable bonds is 3. The molecule has 0 aliphatic carbocycles. The summed E-state index contributed by atoms with van der Waals surface area (Å²) >= 11 is 5.93. The molecule has 0 bridgehead atoms. The number of hydrogen-bond acceptors (Lipinski definition) is 4. The maximum atomic E-state index is 13.3. The molecule has 0 saturated carbocycles. The van der Waals surface area contributed by atoms with Crippen molar-refractivity contribution in [2.45, 2.75) is 36.8 Å². The Morgan fingerprint density at radius 1 is 1.03 bits per heavy atom. The van der Waals surface area contributed by atoms with Gasteiger partial charge < -0.3 is 15.1 Å². The summed E-state index contributed by atoms with van der Waals surface area (Å²) in [6.07, 6.45) is -4.65. The van der Waals surface area contributed by atoms with Gasteiger partial charge in [-0.05, 0) is 42.7 Å². The normalized spacial score (nSPS) is 24.0. The average Bonchev–Trinajstić information content (AvgIpc) is 3.15. The first-order chi connectivity index (χ1) is 15.1. The highest BCUT2D eigenvalue weighted by Gasteiger charge is 2.43. The molecule has 5 nitrogen and oxygen atoms in total. The summed E-state index contributed by atoms with van der Waals surface area (Å²) in [5.41, 5.74) is -1.63. The standard InChI is InChI=1S/C23H24ClF3N2O3/c24-16-7-5-15(6-8-16)22(32)9-11-28(12-10-22)19-13-29(14-20(19)30)21(31)17-3-1-2-4-18(17)23(25,26)27/h1-8,19-20,30,32H,9-14H2/t19-,20?/m1/s1. The molecule has 4 rings (SSSR count). The third-order valence-corrected chi connectivity index (χ3v) is 6.74. The molecule has 2 heterocycles. The fourth-order valence-electron chi connectivity index (χ4n) is 4.66. The van der Waals surface area contributed by atoms with Crippen molar-refractivity contribution >= 4 is 17.5 Å². The van der Waals surface area contributed by atoms with Gasteiger partial charge in [0.05, 0.1) is 28.9 Å². The smallest absolute Gasteiger partial charge is 0.390 e. The summed E-state index contributed by atoms with van der Waals surface area (Å²) in [6.45, 7) is 1.07. The molecule has 9 heteroatoms. The number of halogens is 4. The first-order valence-corrected chi connectivity index (χ1v) is 10.8. The predicted molar refractivity (Wildman–Crippen MR) is 113 cm³/mol. The molecule has 2 atom stereocenters. The maximum Gasteiger partial charge on any atom is 0.417 e. The van der Waals surface area contributed by atoms with Crippen LogP contribution in [0, 0.1) is 0 Å². The lowest BCUT2D eigenvalue weighted by Gasteiger charge is -2.41. The highest BCUT2D eigenvalue weighted by molar-refractivity contribution is 6.30. The van der Waals surface area contributed by atoms with Crippen molar-refractivity contribution in [3.8, 4) is 0 Å². The van der Waals surface area contributed by atoms with Gasteiger partial charge in [-0.1, -0.05) is 35.9 Å². The van der Waals surface area contributed by atoms with Gasteiger partial charge in [-0.3, -0.25) is 9.69 Å². The van der Waals surface area contributed by atoms with Crippen molar-refractivity contribution in [1.82, 2.24) is 9.80 Å². The monoisotopic (exact) mass is 468 g/mol. The van der Waals surface area contributed by atoms with E-state index in [1.165, 1.54) is 17.0 Å². The molecule has 1 unspecified atom stereocenters. The zero-order valence-corrected chi connectivity index (χ0v) is 18.0. The van der Waals surface area contributed by atoms with Crippen LogP contribution in [0.5, 0.6) is 0 Å².